The Kier molecular flexibility index (Phi) is 6.16. The highest BCUT2D eigenvalue weighted by Gasteiger charge is 2.45. The summed E-state index contributed by atoms with van der Waals surface area (Å²) in [5.74, 6) is -3.40. The Morgan fingerprint density at radius 1 is 1.14 bits per heavy atom. The maximum atomic E-state index is 14.7. The Morgan fingerprint density at radius 3 is 2.49 bits per heavy atom. The number of carbonyl (C=O) groups excluding carboxylic acids is 1. The van der Waals surface area contributed by atoms with Gasteiger partial charge in [-0.2, -0.15) is 4.98 Å². The van der Waals surface area contributed by atoms with Crippen LogP contribution in [0.4, 0.5) is 30.8 Å². The number of imidazole rings is 1. The summed E-state index contributed by atoms with van der Waals surface area (Å²) < 4.78 is 43.0. The molecule has 2 aliphatic rings. The van der Waals surface area contributed by atoms with Gasteiger partial charge in [0.1, 0.15) is 11.3 Å². The fourth-order valence-electron chi connectivity index (χ4n) is 4.73. The number of nitrogens with zero attached hydrogens (tertiary/aromatic N) is 4. The van der Waals surface area contributed by atoms with Crippen LogP contribution < -0.4 is 16.4 Å². The number of anilines is 3. The van der Waals surface area contributed by atoms with Crippen LogP contribution in [0.2, 0.25) is 10.0 Å². The minimum Gasteiger partial charge on any atom is -0.369 e. The number of carbonyl (C=O) groups is 1. The summed E-state index contributed by atoms with van der Waals surface area (Å²) in [7, 11) is 0. The fraction of sp³-hybridized carbons (Fsp3) is 0.455. The number of fused-ring (bicyclic) bond motifs is 1. The number of aromatic nitrogens is 4. The maximum Gasteiger partial charge on any atom is 0.252 e. The van der Waals surface area contributed by atoms with E-state index in [0.29, 0.717) is 36.8 Å². The highest BCUT2D eigenvalue weighted by molar-refractivity contribution is 6.36. The lowest BCUT2D eigenvalue weighted by atomic mass is 9.85. The summed E-state index contributed by atoms with van der Waals surface area (Å²) in [6, 6.07) is 2.00. The van der Waals surface area contributed by atoms with E-state index in [4.69, 9.17) is 28.9 Å². The molecule has 3 aromatic rings. The van der Waals surface area contributed by atoms with Gasteiger partial charge in [-0.05, 0) is 37.8 Å². The first-order chi connectivity index (χ1) is 16.6. The molecule has 0 unspecified atom stereocenters. The van der Waals surface area contributed by atoms with Crippen molar-refractivity contribution in [2.75, 3.05) is 10.6 Å². The number of halogens is 5. The van der Waals surface area contributed by atoms with E-state index in [1.807, 2.05) is 4.57 Å². The summed E-state index contributed by atoms with van der Waals surface area (Å²) in [5, 5.41) is 6.13. The lowest BCUT2D eigenvalue weighted by molar-refractivity contribution is -0.122. The molecule has 2 aromatic heterocycles. The molecule has 2 saturated carbocycles. The Morgan fingerprint density at radius 2 is 1.86 bits per heavy atom. The highest BCUT2D eigenvalue weighted by atomic mass is 35.5. The fourth-order valence-corrected chi connectivity index (χ4v) is 5.25. The normalized spacial score (nSPS) is 22.1. The number of amides is 1. The topological polar surface area (TPSA) is 111 Å². The molecule has 0 bridgehead atoms. The molecule has 0 saturated heterocycles. The molecule has 1 aromatic carbocycles. The average Bonchev–Trinajstić information content (AvgIpc) is 3.12. The van der Waals surface area contributed by atoms with Crippen molar-refractivity contribution in [3.63, 3.8) is 0 Å². The molecule has 5 rings (SSSR count). The molecular formula is C22H22Cl2F3N7O. The zero-order chi connectivity index (χ0) is 24.9. The SMILES string of the molecule is NC(=O)[C@H]1CC[C@H](n2c(Nc3c(F)cc(Cl)cc3Cl)nc3cnc(NC4CC(F)(F)C4)nc32)CC1. The zero-order valence-electron chi connectivity index (χ0n) is 18.4. The van der Waals surface area contributed by atoms with Crippen LogP contribution in [0.25, 0.3) is 11.2 Å². The number of nitrogens with two attached hydrogens (primary N) is 1. The van der Waals surface area contributed by atoms with Crippen LogP contribution in [0.1, 0.15) is 44.6 Å². The monoisotopic (exact) mass is 527 g/mol. The smallest absolute Gasteiger partial charge is 0.252 e. The van der Waals surface area contributed by atoms with Gasteiger partial charge in [0.2, 0.25) is 17.8 Å². The van der Waals surface area contributed by atoms with Gasteiger partial charge >= 0.3 is 0 Å². The van der Waals surface area contributed by atoms with E-state index in [1.54, 1.807) is 0 Å². The van der Waals surface area contributed by atoms with Crippen LogP contribution in [0.15, 0.2) is 18.3 Å². The lowest BCUT2D eigenvalue weighted by Gasteiger charge is -2.35. The molecule has 13 heteroatoms. The number of hydrogen-bond donors (Lipinski definition) is 3. The van der Waals surface area contributed by atoms with Crippen LogP contribution in [0.3, 0.4) is 0 Å². The third-order valence-electron chi connectivity index (χ3n) is 6.56. The molecule has 2 aliphatic carbocycles. The third kappa shape index (κ3) is 4.84. The zero-order valence-corrected chi connectivity index (χ0v) is 19.9. The number of hydrogen-bond acceptors (Lipinski definition) is 6. The lowest BCUT2D eigenvalue weighted by Crippen LogP contribution is -2.44. The predicted molar refractivity (Wildman–Crippen MR) is 127 cm³/mol. The molecule has 8 nitrogen and oxygen atoms in total. The quantitative estimate of drug-likeness (QED) is 0.393. The summed E-state index contributed by atoms with van der Waals surface area (Å²) in [5.41, 5.74) is 6.36. The van der Waals surface area contributed by atoms with Crippen molar-refractivity contribution in [2.24, 2.45) is 11.7 Å². The summed E-state index contributed by atoms with van der Waals surface area (Å²) in [6.45, 7) is 0. The van der Waals surface area contributed by atoms with Gasteiger partial charge < -0.3 is 16.4 Å². The van der Waals surface area contributed by atoms with E-state index in [-0.39, 0.29) is 58.3 Å². The van der Waals surface area contributed by atoms with Gasteiger partial charge in [-0.15, -0.1) is 0 Å². The van der Waals surface area contributed by atoms with Crippen LogP contribution in [0.5, 0.6) is 0 Å². The van der Waals surface area contributed by atoms with E-state index >= 15 is 0 Å². The van der Waals surface area contributed by atoms with Crippen molar-refractivity contribution < 1.29 is 18.0 Å². The van der Waals surface area contributed by atoms with Crippen LogP contribution >= 0.6 is 23.2 Å². The van der Waals surface area contributed by atoms with Gasteiger partial charge in [-0.1, -0.05) is 23.2 Å². The van der Waals surface area contributed by atoms with E-state index < -0.39 is 17.8 Å². The first-order valence-corrected chi connectivity index (χ1v) is 12.0. The molecule has 0 atom stereocenters. The van der Waals surface area contributed by atoms with Gasteiger partial charge in [-0.3, -0.25) is 9.36 Å². The Labute approximate surface area is 208 Å². The highest BCUT2D eigenvalue weighted by Crippen LogP contribution is 2.40. The Hall–Kier alpha value is -2.79. The number of rotatable bonds is 6. The second-order valence-electron chi connectivity index (χ2n) is 9.09. The molecule has 2 heterocycles. The largest absolute Gasteiger partial charge is 0.369 e. The minimum absolute atomic E-state index is 0.00134. The Bertz CT molecular complexity index is 1260. The van der Waals surface area contributed by atoms with Gasteiger partial charge in [-0.25, -0.2) is 23.1 Å². The molecule has 0 spiro atoms. The molecule has 1 amide bonds. The number of benzene rings is 1. The van der Waals surface area contributed by atoms with Gasteiger partial charge in [0.05, 0.1) is 16.9 Å². The summed E-state index contributed by atoms with van der Waals surface area (Å²) in [6.07, 6.45) is 3.32. The molecule has 186 valence electrons. The molecule has 35 heavy (non-hydrogen) atoms. The number of alkyl halides is 2. The molecular weight excluding hydrogens is 506 g/mol. The van der Waals surface area contributed by atoms with Gasteiger partial charge in [0, 0.05) is 35.9 Å². The second kappa shape index (κ2) is 9.02. The molecule has 2 fully saturated rings. The second-order valence-corrected chi connectivity index (χ2v) is 9.93. The van der Waals surface area contributed by atoms with Gasteiger partial charge in [0.15, 0.2) is 5.65 Å². The first-order valence-electron chi connectivity index (χ1n) is 11.2. The van der Waals surface area contributed by atoms with E-state index in [1.165, 1.54) is 12.3 Å². The molecule has 4 N–H and O–H groups in total. The summed E-state index contributed by atoms with van der Waals surface area (Å²) >= 11 is 12.1. The molecule has 0 aliphatic heterocycles. The molecule has 0 radical (unpaired) electrons. The minimum atomic E-state index is -2.68. The van der Waals surface area contributed by atoms with Crippen LogP contribution in [-0.2, 0) is 4.79 Å². The summed E-state index contributed by atoms with van der Waals surface area (Å²) in [4.78, 5) is 25.0. The van der Waals surface area contributed by atoms with Crippen molar-refractivity contribution in [1.29, 1.82) is 0 Å². The van der Waals surface area contributed by atoms with Crippen molar-refractivity contribution >= 4 is 57.9 Å². The number of primary amides is 1. The predicted octanol–water partition coefficient (Wildman–Crippen LogP) is 5.44. The van der Waals surface area contributed by atoms with E-state index in [2.05, 4.69) is 25.6 Å². The first kappa shape index (κ1) is 23.9. The Balaban J connectivity index is 1.51. The maximum absolute atomic E-state index is 14.7. The van der Waals surface area contributed by atoms with Crippen molar-refractivity contribution in [1.82, 2.24) is 19.5 Å². The van der Waals surface area contributed by atoms with Crippen LogP contribution in [0, 0.1) is 11.7 Å². The van der Waals surface area contributed by atoms with Gasteiger partial charge in [0.25, 0.3) is 5.92 Å². The van der Waals surface area contributed by atoms with Crippen molar-refractivity contribution in [2.45, 2.75) is 56.5 Å². The van der Waals surface area contributed by atoms with E-state index in [9.17, 15) is 18.0 Å². The third-order valence-corrected chi connectivity index (χ3v) is 7.08. The number of nitrogens with one attached hydrogen (secondary N) is 2. The standard InChI is InChI=1S/C22H22Cl2F3N7O/c23-11-5-14(24)17(15(25)6-11)32-21-31-16-9-29-20(30-12-7-22(26,27)8-12)33-19(16)34(21)13-3-1-10(2-4-13)18(28)35/h5-6,9-10,12-13H,1-4,7-8H2,(H2,28,35)(H,31,32)(H,29,30,33)/t10-,13-. The van der Waals surface area contributed by atoms with Crippen LogP contribution in [-0.4, -0.2) is 37.4 Å². The van der Waals surface area contributed by atoms with Crippen molar-refractivity contribution in [3.05, 3.63) is 34.2 Å². The van der Waals surface area contributed by atoms with Crippen molar-refractivity contribution in [3.8, 4) is 0 Å². The average molecular weight is 528 g/mol. The van der Waals surface area contributed by atoms with E-state index in [0.717, 1.165) is 6.07 Å².